The number of benzene rings is 3. The van der Waals surface area contributed by atoms with Crippen LogP contribution in [0.4, 0.5) is 10.1 Å². The first-order valence-electron chi connectivity index (χ1n) is 13.4. The van der Waals surface area contributed by atoms with E-state index in [2.05, 4.69) is 5.32 Å². The molecule has 4 N–H and O–H groups in total. The molecule has 0 aromatic heterocycles. The molecule has 3 aromatic carbocycles. The summed E-state index contributed by atoms with van der Waals surface area (Å²) in [5, 5.41) is 13.0. The number of para-hydroxylation sites is 1. The summed E-state index contributed by atoms with van der Waals surface area (Å²) in [7, 11) is 0. The molecule has 1 fully saturated rings. The minimum Gasteiger partial charge on any atom is -0.485 e. The Kier molecular flexibility index (Phi) is 7.95. The Morgan fingerprint density at radius 1 is 1.18 bits per heavy atom. The predicted octanol–water partition coefficient (Wildman–Crippen LogP) is 6.19. The number of fused-ring (bicyclic) bond motifs is 1. The maximum absolute atomic E-state index is 15.6. The fraction of sp³-hybridized carbons (Fsp3) is 0.387. The Bertz CT molecular complexity index is 1300. The standard InChI is InChI=1S/C31H35FN2O4/c1-19(33)23-9-4-10-24(31(23)32)21-15-26-25(27(16-21)34-18-22-8-6-14-37-22)11-5-13-29(26)38-28-12-3-2-7-20(28)17-30(35)36/h2-4,7,9-10,12,15-16,19,22,29,34H,5-6,8,11,13-14,17-18,33H2,1H3,(H,35,36)/t19-,22-,29?/m1/s1. The van der Waals surface area contributed by atoms with E-state index in [4.69, 9.17) is 15.2 Å². The highest BCUT2D eigenvalue weighted by Gasteiger charge is 2.27. The third-order valence-corrected chi connectivity index (χ3v) is 7.48. The van der Waals surface area contributed by atoms with Crippen LogP contribution in [0.25, 0.3) is 11.1 Å². The fourth-order valence-electron chi connectivity index (χ4n) is 5.55. The molecule has 0 spiro atoms. The van der Waals surface area contributed by atoms with Gasteiger partial charge < -0.3 is 25.6 Å². The molecule has 6 nitrogen and oxygen atoms in total. The van der Waals surface area contributed by atoms with E-state index in [1.807, 2.05) is 36.4 Å². The monoisotopic (exact) mass is 518 g/mol. The molecule has 1 heterocycles. The summed E-state index contributed by atoms with van der Waals surface area (Å²) in [4.78, 5) is 11.4. The van der Waals surface area contributed by atoms with Crippen molar-refractivity contribution in [2.24, 2.45) is 5.73 Å². The van der Waals surface area contributed by atoms with Crippen LogP contribution in [0.5, 0.6) is 5.75 Å². The number of carboxylic acid groups (broad SMARTS) is 1. The molecular weight excluding hydrogens is 483 g/mol. The van der Waals surface area contributed by atoms with Crippen molar-refractivity contribution in [3.8, 4) is 16.9 Å². The van der Waals surface area contributed by atoms with Crippen molar-refractivity contribution in [3.05, 3.63) is 82.7 Å². The maximum atomic E-state index is 15.6. The molecule has 1 saturated heterocycles. The molecule has 3 aromatic rings. The van der Waals surface area contributed by atoms with E-state index in [0.717, 1.165) is 61.1 Å². The van der Waals surface area contributed by atoms with Gasteiger partial charge in [-0.2, -0.15) is 0 Å². The largest absolute Gasteiger partial charge is 0.485 e. The molecular formula is C31H35FN2O4. The van der Waals surface area contributed by atoms with Gasteiger partial charge in [-0.05, 0) is 73.9 Å². The van der Waals surface area contributed by atoms with Crippen LogP contribution >= 0.6 is 0 Å². The third-order valence-electron chi connectivity index (χ3n) is 7.48. The summed E-state index contributed by atoms with van der Waals surface area (Å²) in [6.45, 7) is 3.25. The zero-order valence-electron chi connectivity index (χ0n) is 21.7. The van der Waals surface area contributed by atoms with Crippen molar-refractivity contribution in [2.75, 3.05) is 18.5 Å². The molecule has 7 heteroatoms. The number of hydrogen-bond acceptors (Lipinski definition) is 5. The highest BCUT2D eigenvalue weighted by Crippen LogP contribution is 2.42. The Labute approximate surface area is 223 Å². The van der Waals surface area contributed by atoms with Crippen molar-refractivity contribution in [3.63, 3.8) is 0 Å². The predicted molar refractivity (Wildman–Crippen MR) is 146 cm³/mol. The molecule has 0 bridgehead atoms. The summed E-state index contributed by atoms with van der Waals surface area (Å²) in [6, 6.07) is 16.3. The first-order valence-corrected chi connectivity index (χ1v) is 13.4. The number of nitrogens with two attached hydrogens (primary N) is 1. The minimum atomic E-state index is -0.905. The van der Waals surface area contributed by atoms with Gasteiger partial charge in [-0.15, -0.1) is 0 Å². The van der Waals surface area contributed by atoms with Gasteiger partial charge in [0.25, 0.3) is 0 Å². The summed E-state index contributed by atoms with van der Waals surface area (Å²) in [6.07, 6.45) is 4.44. The lowest BCUT2D eigenvalue weighted by Crippen LogP contribution is -2.22. The summed E-state index contributed by atoms with van der Waals surface area (Å²) < 4.78 is 27.9. The maximum Gasteiger partial charge on any atom is 0.307 e. The number of anilines is 1. The van der Waals surface area contributed by atoms with Gasteiger partial charge in [-0.25, -0.2) is 4.39 Å². The van der Waals surface area contributed by atoms with Crippen LogP contribution in [0.15, 0.2) is 54.6 Å². The van der Waals surface area contributed by atoms with Crippen LogP contribution in [0, 0.1) is 5.82 Å². The molecule has 1 aliphatic heterocycles. The van der Waals surface area contributed by atoms with Gasteiger partial charge in [0.05, 0.1) is 12.5 Å². The van der Waals surface area contributed by atoms with Crippen LogP contribution in [0.3, 0.4) is 0 Å². The second kappa shape index (κ2) is 11.5. The highest BCUT2D eigenvalue weighted by molar-refractivity contribution is 5.74. The summed E-state index contributed by atoms with van der Waals surface area (Å²) in [5.41, 5.74) is 11.5. The lowest BCUT2D eigenvalue weighted by Gasteiger charge is -2.30. The quantitative estimate of drug-likeness (QED) is 0.313. The highest BCUT2D eigenvalue weighted by atomic mass is 19.1. The van der Waals surface area contributed by atoms with E-state index in [1.54, 1.807) is 25.1 Å². The Morgan fingerprint density at radius 2 is 2.03 bits per heavy atom. The number of ether oxygens (including phenoxy) is 2. The molecule has 0 saturated carbocycles. The molecule has 200 valence electrons. The average Bonchev–Trinajstić information content (AvgIpc) is 3.42. The third kappa shape index (κ3) is 5.69. The van der Waals surface area contributed by atoms with Crippen molar-refractivity contribution < 1.29 is 23.8 Å². The van der Waals surface area contributed by atoms with E-state index in [0.29, 0.717) is 29.0 Å². The van der Waals surface area contributed by atoms with Gasteiger partial charge in [0.2, 0.25) is 0 Å². The van der Waals surface area contributed by atoms with Crippen molar-refractivity contribution in [2.45, 2.75) is 63.7 Å². The molecule has 1 aliphatic carbocycles. The van der Waals surface area contributed by atoms with Crippen molar-refractivity contribution in [1.82, 2.24) is 0 Å². The number of hydrogen-bond donors (Lipinski definition) is 3. The van der Waals surface area contributed by atoms with Crippen LogP contribution in [-0.2, 0) is 22.4 Å². The van der Waals surface area contributed by atoms with Gasteiger partial charge in [-0.3, -0.25) is 4.79 Å². The van der Waals surface area contributed by atoms with E-state index in [1.165, 1.54) is 0 Å². The number of carbonyl (C=O) groups is 1. The number of rotatable bonds is 9. The minimum absolute atomic E-state index is 0.112. The van der Waals surface area contributed by atoms with Crippen molar-refractivity contribution >= 4 is 11.7 Å². The van der Waals surface area contributed by atoms with Gasteiger partial charge in [0.1, 0.15) is 17.7 Å². The Balaban J connectivity index is 1.56. The molecule has 2 aliphatic rings. The summed E-state index contributed by atoms with van der Waals surface area (Å²) in [5.74, 6) is -0.651. The van der Waals surface area contributed by atoms with E-state index < -0.39 is 12.0 Å². The van der Waals surface area contributed by atoms with E-state index in [-0.39, 0.29) is 24.4 Å². The normalized spacial score (nSPS) is 19.6. The van der Waals surface area contributed by atoms with Crippen LogP contribution < -0.4 is 15.8 Å². The topological polar surface area (TPSA) is 93.8 Å². The molecule has 38 heavy (non-hydrogen) atoms. The van der Waals surface area contributed by atoms with Gasteiger partial charge in [0, 0.05) is 41.6 Å². The number of aliphatic carboxylic acids is 1. The first kappa shape index (κ1) is 26.2. The fourth-order valence-corrected chi connectivity index (χ4v) is 5.55. The number of carboxylic acids is 1. The first-order chi connectivity index (χ1) is 18.4. The van der Waals surface area contributed by atoms with E-state index >= 15 is 4.39 Å². The lowest BCUT2D eigenvalue weighted by molar-refractivity contribution is -0.136. The second-order valence-electron chi connectivity index (χ2n) is 10.3. The SMILES string of the molecule is C[C@@H](N)c1cccc(-c2cc(NC[C@H]3CCCO3)c3c(c2)C(Oc2ccccc2CC(=O)O)CCC3)c1F. The van der Waals surface area contributed by atoms with Crippen molar-refractivity contribution in [1.29, 1.82) is 0 Å². The van der Waals surface area contributed by atoms with Crippen LogP contribution in [-0.4, -0.2) is 30.3 Å². The second-order valence-corrected chi connectivity index (χ2v) is 10.3. The Hall–Kier alpha value is -3.42. The van der Waals surface area contributed by atoms with Gasteiger partial charge in [0.15, 0.2) is 0 Å². The number of nitrogens with one attached hydrogen (secondary N) is 1. The molecule has 0 amide bonds. The zero-order chi connectivity index (χ0) is 26.6. The van der Waals surface area contributed by atoms with Gasteiger partial charge >= 0.3 is 5.97 Å². The smallest absolute Gasteiger partial charge is 0.307 e. The average molecular weight is 519 g/mol. The zero-order valence-corrected chi connectivity index (χ0v) is 21.7. The van der Waals surface area contributed by atoms with Crippen LogP contribution in [0.2, 0.25) is 0 Å². The molecule has 3 atom stereocenters. The summed E-state index contributed by atoms with van der Waals surface area (Å²) >= 11 is 0. The lowest BCUT2D eigenvalue weighted by atomic mass is 9.85. The molecule has 5 rings (SSSR count). The van der Waals surface area contributed by atoms with Gasteiger partial charge in [-0.1, -0.05) is 36.4 Å². The molecule has 0 radical (unpaired) electrons. The molecule has 1 unspecified atom stereocenters. The Morgan fingerprint density at radius 3 is 2.79 bits per heavy atom. The van der Waals surface area contributed by atoms with Crippen LogP contribution in [0.1, 0.15) is 67.0 Å². The number of halogens is 1. The van der Waals surface area contributed by atoms with E-state index in [9.17, 15) is 9.90 Å².